The van der Waals surface area contributed by atoms with E-state index < -0.39 is 7.25 Å². The molecule has 0 aliphatic heterocycles. The monoisotopic (exact) mass is 255 g/mol. The molecule has 0 aliphatic rings. The number of halogens is 5. The molecule has 0 radical (unpaired) electrons. The number of hydrogen-bond donors (Lipinski definition) is 0. The zero-order valence-corrected chi connectivity index (χ0v) is 10.4. The van der Waals surface area contributed by atoms with Crippen molar-refractivity contribution in [2.45, 2.75) is 27.7 Å². The van der Waals surface area contributed by atoms with Gasteiger partial charge in [0, 0.05) is 12.5 Å². The topological polar surface area (TPSA) is 3.88 Å². The molecule has 0 spiro atoms. The molecule has 7 heteroatoms. The van der Waals surface area contributed by atoms with Gasteiger partial charge < -0.3 is 17.3 Å². The zero-order chi connectivity index (χ0) is 14.0. The molecule has 1 heterocycles. The molecule has 1 nitrogen and oxygen atoms in total. The summed E-state index contributed by atoms with van der Waals surface area (Å²) in [6, 6.07) is 0. The van der Waals surface area contributed by atoms with E-state index in [1.54, 1.807) is 11.6 Å². The average molecular weight is 255 g/mol. The zero-order valence-electron chi connectivity index (χ0n) is 10.4. The van der Waals surface area contributed by atoms with Gasteiger partial charge in [-0.25, -0.2) is 0 Å². The summed E-state index contributed by atoms with van der Waals surface area (Å²) in [6.45, 7) is 7.74. The Labute approximate surface area is 97.4 Å². The van der Waals surface area contributed by atoms with Crippen LogP contribution in [0.4, 0.5) is 21.7 Å². The van der Waals surface area contributed by atoms with Crippen molar-refractivity contribution in [3.05, 3.63) is 28.3 Å². The Morgan fingerprint density at radius 3 is 1.53 bits per heavy atom. The number of hydrogen-bond acceptors (Lipinski definition) is 0. The Morgan fingerprint density at radius 1 is 0.824 bits per heavy atom. The number of rotatable bonds is 0. The van der Waals surface area contributed by atoms with Crippen LogP contribution in [0.1, 0.15) is 22.4 Å². The third-order valence-electron chi connectivity index (χ3n) is 2.77. The van der Waals surface area contributed by atoms with Crippen LogP contribution in [0.15, 0.2) is 0 Å². The smallest absolute Gasteiger partial charge is 0.418 e. The van der Waals surface area contributed by atoms with Crippen molar-refractivity contribution >= 4 is 7.25 Å². The highest BCUT2D eigenvalue weighted by atomic mass is 19.5. The average Bonchev–Trinajstić information content (AvgIpc) is 2.18. The van der Waals surface area contributed by atoms with Gasteiger partial charge in [0.1, 0.15) is 7.05 Å². The molecule has 1 aromatic rings. The Bertz CT molecular complexity index is 303. The van der Waals surface area contributed by atoms with E-state index in [1.807, 2.05) is 27.7 Å². The van der Waals surface area contributed by atoms with Crippen molar-refractivity contribution in [2.24, 2.45) is 7.05 Å². The predicted octanol–water partition coefficient (Wildman–Crippen LogP) is 3.18. The lowest BCUT2D eigenvalue weighted by atomic mass is 10.0. The minimum absolute atomic E-state index is 0.129. The second-order valence-corrected chi connectivity index (χ2v) is 3.81. The first-order valence-corrected chi connectivity index (χ1v) is 4.96. The summed E-state index contributed by atoms with van der Waals surface area (Å²) in [5.41, 5.74) is 3.98. The standard InChI is InChI=1S/C10H15FN.BF4/c1-6-7(2)9(4)12(5)10(11)8(6)3;2-1(3,4)5/h1-5H3;/q+1;-1. The molecule has 0 fully saturated rings. The molecule has 1 rings (SSSR count). The second kappa shape index (κ2) is 5.47. The normalized spacial score (nSPS) is 10.9. The molecule has 0 aromatic carbocycles. The van der Waals surface area contributed by atoms with Crippen molar-refractivity contribution in [1.82, 2.24) is 0 Å². The number of pyridine rings is 1. The highest BCUT2D eigenvalue weighted by Crippen LogP contribution is 2.14. The fourth-order valence-electron chi connectivity index (χ4n) is 1.36. The van der Waals surface area contributed by atoms with Gasteiger partial charge in [-0.1, -0.05) is 0 Å². The fourth-order valence-corrected chi connectivity index (χ4v) is 1.36. The van der Waals surface area contributed by atoms with Crippen LogP contribution in [0, 0.1) is 33.6 Å². The van der Waals surface area contributed by atoms with Crippen LogP contribution in [0.3, 0.4) is 0 Å². The Morgan fingerprint density at radius 2 is 1.18 bits per heavy atom. The van der Waals surface area contributed by atoms with Crippen LogP contribution >= 0.6 is 0 Å². The van der Waals surface area contributed by atoms with Crippen molar-refractivity contribution in [2.75, 3.05) is 0 Å². The lowest BCUT2D eigenvalue weighted by Gasteiger charge is -2.06. The lowest BCUT2D eigenvalue weighted by molar-refractivity contribution is -0.706. The Hall–Kier alpha value is -1.14. The van der Waals surface area contributed by atoms with Gasteiger partial charge in [0.15, 0.2) is 5.69 Å². The fraction of sp³-hybridized carbons (Fsp3) is 0.500. The molecule has 0 unspecified atom stereocenters. The molecule has 98 valence electrons. The molecular weight excluding hydrogens is 240 g/mol. The maximum absolute atomic E-state index is 13.4. The summed E-state index contributed by atoms with van der Waals surface area (Å²) in [4.78, 5) is 0. The number of nitrogens with zero attached hydrogens (tertiary/aromatic N) is 1. The quantitative estimate of drug-likeness (QED) is 0.290. The van der Waals surface area contributed by atoms with Gasteiger partial charge in [-0.15, -0.1) is 4.39 Å². The lowest BCUT2D eigenvalue weighted by Crippen LogP contribution is -2.38. The van der Waals surface area contributed by atoms with Crippen LogP contribution in [-0.4, -0.2) is 7.25 Å². The molecule has 0 N–H and O–H groups in total. The second-order valence-electron chi connectivity index (χ2n) is 3.81. The van der Waals surface area contributed by atoms with Gasteiger partial charge in [-0.05, 0) is 26.3 Å². The Balaban J connectivity index is 0.000000437. The maximum atomic E-state index is 13.4. The summed E-state index contributed by atoms with van der Waals surface area (Å²) in [5, 5.41) is 0. The molecule has 0 saturated carbocycles. The largest absolute Gasteiger partial charge is 0.673 e. The molecule has 0 bridgehead atoms. The van der Waals surface area contributed by atoms with Gasteiger partial charge in [0.2, 0.25) is 0 Å². The van der Waals surface area contributed by atoms with E-state index in [-0.39, 0.29) is 5.95 Å². The van der Waals surface area contributed by atoms with E-state index in [4.69, 9.17) is 0 Å². The van der Waals surface area contributed by atoms with E-state index in [1.165, 1.54) is 5.56 Å². The van der Waals surface area contributed by atoms with Crippen molar-refractivity contribution < 1.29 is 26.2 Å². The predicted molar refractivity (Wildman–Crippen MR) is 56.7 cm³/mol. The van der Waals surface area contributed by atoms with E-state index in [2.05, 4.69) is 0 Å². The molecular formula is C10H15BF5N. The van der Waals surface area contributed by atoms with Crippen molar-refractivity contribution in [3.8, 4) is 0 Å². The molecule has 0 saturated heterocycles. The number of aromatic nitrogens is 1. The molecule has 1 aromatic heterocycles. The van der Waals surface area contributed by atoms with Crippen LogP contribution in [0.25, 0.3) is 0 Å². The first-order valence-electron chi connectivity index (χ1n) is 4.96. The van der Waals surface area contributed by atoms with E-state index in [0.717, 1.165) is 16.8 Å². The molecule has 0 atom stereocenters. The highest BCUT2D eigenvalue weighted by molar-refractivity contribution is 6.50. The molecule has 0 amide bonds. The highest BCUT2D eigenvalue weighted by Gasteiger charge is 2.20. The summed E-state index contributed by atoms with van der Waals surface area (Å²) in [6.07, 6.45) is 0. The van der Waals surface area contributed by atoms with Crippen LogP contribution in [0.5, 0.6) is 0 Å². The van der Waals surface area contributed by atoms with E-state index in [9.17, 15) is 21.7 Å². The summed E-state index contributed by atoms with van der Waals surface area (Å²) in [5.74, 6) is -0.129. The summed E-state index contributed by atoms with van der Waals surface area (Å²) in [7, 11) is -4.25. The first kappa shape index (κ1) is 15.9. The molecule has 17 heavy (non-hydrogen) atoms. The molecule has 0 aliphatic carbocycles. The van der Waals surface area contributed by atoms with Crippen LogP contribution < -0.4 is 4.57 Å². The van der Waals surface area contributed by atoms with E-state index in [0.29, 0.717) is 0 Å². The minimum Gasteiger partial charge on any atom is -0.418 e. The van der Waals surface area contributed by atoms with Gasteiger partial charge in [0.25, 0.3) is 0 Å². The van der Waals surface area contributed by atoms with E-state index >= 15 is 0 Å². The van der Waals surface area contributed by atoms with Gasteiger partial charge in [-0.3, -0.25) is 0 Å². The van der Waals surface area contributed by atoms with Gasteiger partial charge >= 0.3 is 13.2 Å². The summed E-state index contributed by atoms with van der Waals surface area (Å²) >= 11 is 0. The van der Waals surface area contributed by atoms with Gasteiger partial charge in [-0.2, -0.15) is 4.57 Å². The SMILES string of the molecule is Cc1c(C)c(C)[n+](C)c(F)c1C.F[B-](F)(F)F. The van der Waals surface area contributed by atoms with Crippen molar-refractivity contribution in [1.29, 1.82) is 0 Å². The van der Waals surface area contributed by atoms with Crippen LogP contribution in [-0.2, 0) is 7.05 Å². The minimum atomic E-state index is -6.00. The van der Waals surface area contributed by atoms with Gasteiger partial charge in [0.05, 0.1) is 5.56 Å². The third-order valence-corrected chi connectivity index (χ3v) is 2.77. The Kier molecular flexibility index (Phi) is 5.10. The van der Waals surface area contributed by atoms with Crippen molar-refractivity contribution in [3.63, 3.8) is 0 Å². The summed E-state index contributed by atoms with van der Waals surface area (Å²) < 4.78 is 54.0. The van der Waals surface area contributed by atoms with Crippen LogP contribution in [0.2, 0.25) is 0 Å². The first-order chi connectivity index (χ1) is 7.46. The third kappa shape index (κ3) is 4.71. The maximum Gasteiger partial charge on any atom is 0.673 e.